The molecular weight excluding hydrogens is 262 g/mol. The summed E-state index contributed by atoms with van der Waals surface area (Å²) in [6, 6.07) is 4.23. The lowest BCUT2D eigenvalue weighted by Crippen LogP contribution is -2.05. The second kappa shape index (κ2) is 7.07. The fourth-order valence-corrected chi connectivity index (χ4v) is 2.08. The van der Waals surface area contributed by atoms with Gasteiger partial charge in [-0.2, -0.15) is 0 Å². The molecule has 1 aromatic heterocycles. The normalized spacial score (nSPS) is 10.5. The number of nitrogens with one attached hydrogen (secondary N) is 1. The Bertz CT molecular complexity index is 594. The number of ether oxygens (including phenoxy) is 1. The summed E-state index contributed by atoms with van der Waals surface area (Å²) in [7, 11) is 0. The molecular formula is C17H23N3O. The third-order valence-corrected chi connectivity index (χ3v) is 3.40. The van der Waals surface area contributed by atoms with Gasteiger partial charge < -0.3 is 10.1 Å². The Hall–Kier alpha value is -2.10. The minimum Gasteiger partial charge on any atom is -0.487 e. The van der Waals surface area contributed by atoms with Crippen molar-refractivity contribution in [3.63, 3.8) is 0 Å². The number of anilines is 1. The van der Waals surface area contributed by atoms with Crippen LogP contribution >= 0.6 is 0 Å². The van der Waals surface area contributed by atoms with Crippen LogP contribution in [-0.4, -0.2) is 16.5 Å². The summed E-state index contributed by atoms with van der Waals surface area (Å²) in [4.78, 5) is 8.70. The van der Waals surface area contributed by atoms with Gasteiger partial charge in [-0.25, -0.2) is 4.98 Å². The Kier molecular flexibility index (Phi) is 5.14. The van der Waals surface area contributed by atoms with Gasteiger partial charge in [0.1, 0.15) is 18.2 Å². The highest BCUT2D eigenvalue weighted by Crippen LogP contribution is 2.23. The van der Waals surface area contributed by atoms with Crippen LogP contribution in [0.5, 0.6) is 5.75 Å². The van der Waals surface area contributed by atoms with E-state index in [0.717, 1.165) is 30.2 Å². The van der Waals surface area contributed by atoms with Gasteiger partial charge in [0.2, 0.25) is 0 Å². The Morgan fingerprint density at radius 2 is 1.90 bits per heavy atom. The third kappa shape index (κ3) is 4.18. The second-order valence-corrected chi connectivity index (χ2v) is 5.31. The largest absolute Gasteiger partial charge is 0.487 e. The van der Waals surface area contributed by atoms with E-state index in [1.807, 2.05) is 0 Å². The summed E-state index contributed by atoms with van der Waals surface area (Å²) in [6.07, 6.45) is 4.58. The van der Waals surface area contributed by atoms with Crippen LogP contribution in [0.4, 0.5) is 5.82 Å². The molecule has 2 aromatic rings. The van der Waals surface area contributed by atoms with Crippen LogP contribution in [0, 0.1) is 20.8 Å². The first-order valence-electron chi connectivity index (χ1n) is 7.35. The highest BCUT2D eigenvalue weighted by molar-refractivity contribution is 5.42. The molecule has 21 heavy (non-hydrogen) atoms. The van der Waals surface area contributed by atoms with Crippen LogP contribution < -0.4 is 10.1 Å². The Morgan fingerprint density at radius 3 is 2.57 bits per heavy atom. The molecule has 0 saturated carbocycles. The standard InChI is InChI=1S/C17H23N3O/c1-5-6-18-17-10-19-15(9-20-17)11-21-16-8-12(2)7-13(3)14(16)4/h7-10H,5-6,11H2,1-4H3,(H,18,20). The van der Waals surface area contributed by atoms with E-state index in [2.05, 4.69) is 55.1 Å². The zero-order valence-electron chi connectivity index (χ0n) is 13.2. The third-order valence-electron chi connectivity index (χ3n) is 3.40. The van der Waals surface area contributed by atoms with Crippen molar-refractivity contribution in [2.24, 2.45) is 0 Å². The van der Waals surface area contributed by atoms with E-state index in [1.54, 1.807) is 12.4 Å². The Labute approximate surface area is 126 Å². The van der Waals surface area contributed by atoms with Crippen molar-refractivity contribution in [1.82, 2.24) is 9.97 Å². The molecule has 0 unspecified atom stereocenters. The first kappa shape index (κ1) is 15.3. The van der Waals surface area contributed by atoms with Crippen LogP contribution in [0.15, 0.2) is 24.5 Å². The molecule has 0 radical (unpaired) electrons. The van der Waals surface area contributed by atoms with Crippen LogP contribution in [0.3, 0.4) is 0 Å². The molecule has 112 valence electrons. The first-order chi connectivity index (χ1) is 10.1. The van der Waals surface area contributed by atoms with Gasteiger partial charge in [-0.3, -0.25) is 4.98 Å². The van der Waals surface area contributed by atoms with Crippen LogP contribution in [0.2, 0.25) is 0 Å². The topological polar surface area (TPSA) is 47.0 Å². The van der Waals surface area contributed by atoms with Gasteiger partial charge in [0, 0.05) is 6.54 Å². The summed E-state index contributed by atoms with van der Waals surface area (Å²) >= 11 is 0. The summed E-state index contributed by atoms with van der Waals surface area (Å²) in [5.74, 6) is 1.73. The quantitative estimate of drug-likeness (QED) is 0.877. The van der Waals surface area contributed by atoms with Crippen molar-refractivity contribution < 1.29 is 4.74 Å². The van der Waals surface area contributed by atoms with Crippen LogP contribution in [-0.2, 0) is 6.61 Å². The molecule has 0 saturated heterocycles. The highest BCUT2D eigenvalue weighted by Gasteiger charge is 2.05. The summed E-state index contributed by atoms with van der Waals surface area (Å²) in [5, 5.41) is 3.20. The maximum absolute atomic E-state index is 5.88. The lowest BCUT2D eigenvalue weighted by Gasteiger charge is -2.12. The van der Waals surface area contributed by atoms with Gasteiger partial charge in [0.05, 0.1) is 18.1 Å². The number of aryl methyl sites for hydroxylation is 2. The number of hydrogen-bond acceptors (Lipinski definition) is 4. The molecule has 4 nitrogen and oxygen atoms in total. The molecule has 4 heteroatoms. The first-order valence-corrected chi connectivity index (χ1v) is 7.35. The number of aromatic nitrogens is 2. The Balaban J connectivity index is 2.00. The summed E-state index contributed by atoms with van der Waals surface area (Å²) in [5.41, 5.74) is 4.46. The fourth-order valence-electron chi connectivity index (χ4n) is 2.08. The van der Waals surface area contributed by atoms with Crippen LogP contribution in [0.25, 0.3) is 0 Å². The van der Waals surface area contributed by atoms with Gasteiger partial charge in [-0.05, 0) is 49.9 Å². The second-order valence-electron chi connectivity index (χ2n) is 5.31. The Morgan fingerprint density at radius 1 is 1.10 bits per heavy atom. The van der Waals surface area contributed by atoms with Crippen molar-refractivity contribution in [3.05, 3.63) is 46.9 Å². The van der Waals surface area contributed by atoms with Gasteiger partial charge in [-0.1, -0.05) is 13.0 Å². The van der Waals surface area contributed by atoms with Crippen LogP contribution in [0.1, 0.15) is 35.7 Å². The van der Waals surface area contributed by atoms with E-state index in [9.17, 15) is 0 Å². The predicted octanol–water partition coefficient (Wildman–Crippen LogP) is 3.80. The van der Waals surface area contributed by atoms with Gasteiger partial charge in [0.15, 0.2) is 0 Å². The molecule has 1 aromatic carbocycles. The van der Waals surface area contributed by atoms with Crippen molar-refractivity contribution in [2.45, 2.75) is 40.7 Å². The molecule has 0 aliphatic rings. The molecule has 0 fully saturated rings. The number of nitrogens with zero attached hydrogens (tertiary/aromatic N) is 2. The molecule has 0 spiro atoms. The molecule has 2 rings (SSSR count). The SMILES string of the molecule is CCCNc1cnc(COc2cc(C)cc(C)c2C)cn1. The lowest BCUT2D eigenvalue weighted by molar-refractivity contribution is 0.298. The van der Waals surface area contributed by atoms with E-state index in [0.29, 0.717) is 6.61 Å². The minimum atomic E-state index is 0.435. The average molecular weight is 285 g/mol. The minimum absolute atomic E-state index is 0.435. The number of benzene rings is 1. The van der Waals surface area contributed by atoms with Crippen molar-refractivity contribution in [3.8, 4) is 5.75 Å². The molecule has 0 atom stereocenters. The van der Waals surface area contributed by atoms with E-state index in [1.165, 1.54) is 16.7 Å². The molecule has 0 amide bonds. The van der Waals surface area contributed by atoms with E-state index in [-0.39, 0.29) is 0 Å². The number of hydrogen-bond donors (Lipinski definition) is 1. The van der Waals surface area contributed by atoms with E-state index >= 15 is 0 Å². The molecule has 0 aliphatic heterocycles. The highest BCUT2D eigenvalue weighted by atomic mass is 16.5. The maximum Gasteiger partial charge on any atom is 0.144 e. The molecule has 1 heterocycles. The monoisotopic (exact) mass is 285 g/mol. The predicted molar refractivity (Wildman–Crippen MR) is 85.8 cm³/mol. The number of rotatable bonds is 6. The lowest BCUT2D eigenvalue weighted by atomic mass is 10.1. The van der Waals surface area contributed by atoms with Crippen molar-refractivity contribution in [2.75, 3.05) is 11.9 Å². The zero-order valence-corrected chi connectivity index (χ0v) is 13.2. The summed E-state index contributed by atoms with van der Waals surface area (Å²) in [6.45, 7) is 9.72. The van der Waals surface area contributed by atoms with Gasteiger partial charge >= 0.3 is 0 Å². The summed E-state index contributed by atoms with van der Waals surface area (Å²) < 4.78 is 5.88. The van der Waals surface area contributed by atoms with Gasteiger partial charge in [0.25, 0.3) is 0 Å². The average Bonchev–Trinajstić information content (AvgIpc) is 2.48. The van der Waals surface area contributed by atoms with Crippen molar-refractivity contribution >= 4 is 5.82 Å². The molecule has 0 aliphatic carbocycles. The van der Waals surface area contributed by atoms with E-state index < -0.39 is 0 Å². The molecule has 0 bridgehead atoms. The fraction of sp³-hybridized carbons (Fsp3) is 0.412. The molecule has 1 N–H and O–H groups in total. The van der Waals surface area contributed by atoms with Gasteiger partial charge in [-0.15, -0.1) is 0 Å². The van der Waals surface area contributed by atoms with E-state index in [4.69, 9.17) is 4.74 Å². The smallest absolute Gasteiger partial charge is 0.144 e. The maximum atomic E-state index is 5.88. The zero-order chi connectivity index (χ0) is 15.2. The van der Waals surface area contributed by atoms with Crippen molar-refractivity contribution in [1.29, 1.82) is 0 Å².